The fraction of sp³-hybridized carbons (Fsp3) is 0.214. The van der Waals surface area contributed by atoms with Gasteiger partial charge in [-0.15, -0.1) is 0 Å². The predicted molar refractivity (Wildman–Crippen MR) is 146 cm³/mol. The number of hydrazine groups is 1. The molecule has 9 nitrogen and oxygen atoms in total. The second-order valence-electron chi connectivity index (χ2n) is 8.52. The fourth-order valence-corrected chi connectivity index (χ4v) is 3.67. The first-order valence-corrected chi connectivity index (χ1v) is 12.6. The molecule has 0 fully saturated rings. The van der Waals surface area contributed by atoms with Crippen molar-refractivity contribution in [3.63, 3.8) is 0 Å². The van der Waals surface area contributed by atoms with Crippen molar-refractivity contribution in [1.29, 1.82) is 0 Å². The third-order valence-corrected chi connectivity index (χ3v) is 5.67. The molecule has 38 heavy (non-hydrogen) atoms. The maximum atomic E-state index is 12.2. The van der Waals surface area contributed by atoms with Gasteiger partial charge in [0.1, 0.15) is 11.5 Å². The third-order valence-electron chi connectivity index (χ3n) is 5.14. The van der Waals surface area contributed by atoms with E-state index in [-0.39, 0.29) is 25.2 Å². The number of nitrogens with one attached hydrogen (secondary N) is 3. The number of anilines is 1. The number of benzene rings is 3. The molecule has 0 aliphatic rings. The van der Waals surface area contributed by atoms with Crippen molar-refractivity contribution < 1.29 is 28.7 Å². The molecule has 10 heteroatoms. The quantitative estimate of drug-likeness (QED) is 0.229. The molecule has 3 aromatic carbocycles. The van der Waals surface area contributed by atoms with Gasteiger partial charge in [-0.3, -0.25) is 30.0 Å². The normalized spacial score (nSPS) is 10.3. The lowest BCUT2D eigenvalue weighted by molar-refractivity contribution is -0.148. The van der Waals surface area contributed by atoms with E-state index in [4.69, 9.17) is 9.47 Å². The Bertz CT molecular complexity index is 1270. The Labute approximate surface area is 229 Å². The molecule has 0 saturated heterocycles. The smallest absolute Gasteiger partial charge is 0.306 e. The highest BCUT2D eigenvalue weighted by Crippen LogP contribution is 2.25. The number of hydrogen-bond donors (Lipinski definition) is 3. The molecule has 3 amide bonds. The van der Waals surface area contributed by atoms with Crippen molar-refractivity contribution in [2.24, 2.45) is 0 Å². The van der Waals surface area contributed by atoms with Crippen molar-refractivity contribution in [3.05, 3.63) is 87.9 Å². The average molecular weight is 582 g/mol. The van der Waals surface area contributed by atoms with Crippen LogP contribution in [0.4, 0.5) is 5.69 Å². The van der Waals surface area contributed by atoms with Crippen LogP contribution in [0.25, 0.3) is 0 Å². The number of carbonyl (C=O) groups is 4. The van der Waals surface area contributed by atoms with Gasteiger partial charge in [-0.05, 0) is 92.1 Å². The molecule has 0 saturated carbocycles. The number of ether oxygens (including phenoxy) is 2. The minimum Gasteiger partial charge on any atom is -0.457 e. The first-order chi connectivity index (χ1) is 18.2. The molecule has 3 aromatic rings. The van der Waals surface area contributed by atoms with Crippen molar-refractivity contribution >= 4 is 45.3 Å². The molecule has 0 atom stereocenters. The van der Waals surface area contributed by atoms with Crippen LogP contribution in [0.5, 0.6) is 11.5 Å². The molecule has 3 rings (SSSR count). The summed E-state index contributed by atoms with van der Waals surface area (Å²) in [7, 11) is 0. The van der Waals surface area contributed by atoms with Crippen LogP contribution in [0.3, 0.4) is 0 Å². The van der Waals surface area contributed by atoms with Crippen LogP contribution in [-0.2, 0) is 19.1 Å². The van der Waals surface area contributed by atoms with Crippen LogP contribution in [-0.4, -0.2) is 30.3 Å². The molecule has 0 bridgehead atoms. The summed E-state index contributed by atoms with van der Waals surface area (Å²) in [5, 5.41) is 2.77. The van der Waals surface area contributed by atoms with Gasteiger partial charge in [0.05, 0.1) is 0 Å². The molecule has 0 unspecified atom stereocenters. The number of carbonyl (C=O) groups excluding carboxylic acids is 4. The lowest BCUT2D eigenvalue weighted by Gasteiger charge is -2.10. The van der Waals surface area contributed by atoms with Crippen LogP contribution in [0, 0.1) is 13.8 Å². The van der Waals surface area contributed by atoms with E-state index >= 15 is 0 Å². The zero-order valence-electron chi connectivity index (χ0n) is 21.0. The number of amides is 3. The molecule has 0 radical (unpaired) electrons. The largest absolute Gasteiger partial charge is 0.457 e. The van der Waals surface area contributed by atoms with Crippen LogP contribution < -0.4 is 20.9 Å². The Morgan fingerprint density at radius 1 is 0.763 bits per heavy atom. The Morgan fingerprint density at radius 3 is 2.08 bits per heavy atom. The average Bonchev–Trinajstić information content (AvgIpc) is 2.87. The van der Waals surface area contributed by atoms with Crippen molar-refractivity contribution in [1.82, 2.24) is 10.9 Å². The van der Waals surface area contributed by atoms with Crippen molar-refractivity contribution in [3.8, 4) is 11.5 Å². The summed E-state index contributed by atoms with van der Waals surface area (Å²) in [6.45, 7) is 3.45. The Hall–Kier alpha value is -4.18. The van der Waals surface area contributed by atoms with Crippen LogP contribution >= 0.6 is 15.9 Å². The highest BCUT2D eigenvalue weighted by Gasteiger charge is 2.11. The maximum Gasteiger partial charge on any atom is 0.306 e. The molecule has 0 heterocycles. The zero-order valence-corrected chi connectivity index (χ0v) is 22.6. The molecule has 0 aromatic heterocycles. The second kappa shape index (κ2) is 13.9. The van der Waals surface area contributed by atoms with Gasteiger partial charge >= 0.3 is 5.97 Å². The van der Waals surface area contributed by atoms with Crippen molar-refractivity contribution in [2.75, 3.05) is 11.9 Å². The summed E-state index contributed by atoms with van der Waals surface area (Å²) in [4.78, 5) is 47.8. The van der Waals surface area contributed by atoms with Gasteiger partial charge in [0.15, 0.2) is 6.61 Å². The second-order valence-corrected chi connectivity index (χ2v) is 9.44. The highest BCUT2D eigenvalue weighted by molar-refractivity contribution is 9.10. The predicted octanol–water partition coefficient (Wildman–Crippen LogP) is 4.97. The summed E-state index contributed by atoms with van der Waals surface area (Å²) < 4.78 is 11.6. The standard InChI is InChI=1S/C28H28BrN3O6/c1-18-14-19(2)16-24(15-18)38-23-12-10-22(11-13-23)30-25(33)4-3-5-27(35)37-17-26(34)31-32-28(36)20-6-8-21(29)9-7-20/h6-16H,3-5,17H2,1-2H3,(H,30,33)(H,31,34)(H,32,36). The topological polar surface area (TPSA) is 123 Å². The van der Waals surface area contributed by atoms with Gasteiger partial charge in [0.2, 0.25) is 5.91 Å². The third kappa shape index (κ3) is 9.70. The molecule has 198 valence electrons. The number of rotatable bonds is 10. The summed E-state index contributed by atoms with van der Waals surface area (Å²) in [5.41, 5.74) is 7.58. The van der Waals surface area contributed by atoms with E-state index in [1.807, 2.05) is 26.0 Å². The van der Waals surface area contributed by atoms with Crippen molar-refractivity contribution in [2.45, 2.75) is 33.1 Å². The Kier molecular flexibility index (Phi) is 10.4. The first-order valence-electron chi connectivity index (χ1n) is 11.8. The number of aryl methyl sites for hydroxylation is 2. The SMILES string of the molecule is Cc1cc(C)cc(Oc2ccc(NC(=O)CCCC(=O)OCC(=O)NNC(=O)c3ccc(Br)cc3)cc2)c1. The van der Waals surface area contributed by atoms with E-state index in [2.05, 4.69) is 38.2 Å². The van der Waals surface area contributed by atoms with Gasteiger partial charge in [-0.2, -0.15) is 0 Å². The first kappa shape index (κ1) is 28.4. The lowest BCUT2D eigenvalue weighted by atomic mass is 10.1. The Balaban J connectivity index is 1.30. The monoisotopic (exact) mass is 581 g/mol. The Morgan fingerprint density at radius 2 is 1.42 bits per heavy atom. The van der Waals surface area contributed by atoms with E-state index in [0.717, 1.165) is 21.3 Å². The molecule has 0 spiro atoms. The van der Waals surface area contributed by atoms with Gasteiger partial charge in [-0.1, -0.05) is 22.0 Å². The van der Waals surface area contributed by atoms with Crippen LogP contribution in [0.15, 0.2) is 71.2 Å². The summed E-state index contributed by atoms with van der Waals surface area (Å²) >= 11 is 3.27. The lowest BCUT2D eigenvalue weighted by Crippen LogP contribution is -2.43. The minimum absolute atomic E-state index is 0.0331. The molecule has 0 aliphatic heterocycles. The number of hydrogen-bond acceptors (Lipinski definition) is 6. The van der Waals surface area contributed by atoms with E-state index in [0.29, 0.717) is 17.0 Å². The molecule has 3 N–H and O–H groups in total. The van der Waals surface area contributed by atoms with Gasteiger partial charge < -0.3 is 14.8 Å². The molecular formula is C28H28BrN3O6. The van der Waals surface area contributed by atoms with E-state index in [9.17, 15) is 19.2 Å². The number of esters is 1. The summed E-state index contributed by atoms with van der Waals surface area (Å²) in [5.74, 6) is -0.686. The summed E-state index contributed by atoms with van der Waals surface area (Å²) in [6.07, 6.45) is 0.320. The van der Waals surface area contributed by atoms with Gasteiger partial charge in [0, 0.05) is 28.6 Å². The van der Waals surface area contributed by atoms with E-state index < -0.39 is 24.4 Å². The minimum atomic E-state index is -0.688. The van der Waals surface area contributed by atoms with Crippen LogP contribution in [0.1, 0.15) is 40.7 Å². The fourth-order valence-electron chi connectivity index (χ4n) is 3.41. The van der Waals surface area contributed by atoms with E-state index in [1.54, 1.807) is 48.5 Å². The molecule has 0 aliphatic carbocycles. The van der Waals surface area contributed by atoms with Gasteiger partial charge in [-0.25, -0.2) is 0 Å². The van der Waals surface area contributed by atoms with Gasteiger partial charge in [0.25, 0.3) is 11.8 Å². The van der Waals surface area contributed by atoms with Crippen LogP contribution in [0.2, 0.25) is 0 Å². The maximum absolute atomic E-state index is 12.2. The highest BCUT2D eigenvalue weighted by atomic mass is 79.9. The molecular weight excluding hydrogens is 554 g/mol. The summed E-state index contributed by atoms with van der Waals surface area (Å²) in [6, 6.07) is 19.5. The zero-order chi connectivity index (χ0) is 27.5. The number of halogens is 1. The van der Waals surface area contributed by atoms with E-state index in [1.165, 1.54) is 0 Å².